The Balaban J connectivity index is 1.16. The van der Waals surface area contributed by atoms with Crippen LogP contribution in [0.3, 0.4) is 0 Å². The van der Waals surface area contributed by atoms with E-state index in [1.54, 1.807) is 12.1 Å². The maximum absolute atomic E-state index is 13.4. The van der Waals surface area contributed by atoms with Crippen molar-refractivity contribution < 1.29 is 13.9 Å². The van der Waals surface area contributed by atoms with Crippen LogP contribution in [-0.2, 0) is 13.0 Å². The molecule has 0 saturated carbocycles. The molecule has 1 aliphatic heterocycles. The highest BCUT2D eigenvalue weighted by Gasteiger charge is 2.22. The molecule has 1 amide bonds. The van der Waals surface area contributed by atoms with Crippen LogP contribution < -0.4 is 4.74 Å². The predicted molar refractivity (Wildman–Crippen MR) is 156 cm³/mol. The van der Waals surface area contributed by atoms with Gasteiger partial charge in [-0.25, -0.2) is 4.39 Å². The number of fused-ring (bicyclic) bond motifs is 1. The van der Waals surface area contributed by atoms with Gasteiger partial charge >= 0.3 is 0 Å². The molecule has 5 nitrogen and oxygen atoms in total. The third kappa shape index (κ3) is 6.29. The number of piperazine rings is 1. The second kappa shape index (κ2) is 12.2. The zero-order chi connectivity index (χ0) is 27.4. The van der Waals surface area contributed by atoms with E-state index in [1.165, 1.54) is 28.2 Å². The summed E-state index contributed by atoms with van der Waals surface area (Å²) in [5.74, 6) is 1.96. The average Bonchev–Trinajstić information content (AvgIpc) is 3.19. The van der Waals surface area contributed by atoms with Crippen molar-refractivity contribution in [1.82, 2.24) is 14.4 Å². The topological polar surface area (TPSA) is 37.7 Å². The lowest BCUT2D eigenvalue weighted by Crippen LogP contribution is -2.49. The first-order valence-corrected chi connectivity index (χ1v) is 14.2. The molecule has 1 aliphatic rings. The van der Waals surface area contributed by atoms with Crippen LogP contribution in [0.1, 0.15) is 33.6 Å². The second-order valence-corrected chi connectivity index (χ2v) is 10.6. The summed E-state index contributed by atoms with van der Waals surface area (Å²) in [5, 5.41) is 1.18. The number of carbonyl (C=O) groups is 1. The number of benzene rings is 3. The van der Waals surface area contributed by atoms with Crippen LogP contribution in [0.15, 0.2) is 66.7 Å². The Labute approximate surface area is 234 Å². The molecule has 0 N–H and O–H groups in total. The van der Waals surface area contributed by atoms with Crippen molar-refractivity contribution in [2.24, 2.45) is 0 Å². The maximum atomic E-state index is 13.4. The second-order valence-electron chi connectivity index (χ2n) is 10.2. The smallest absolute Gasteiger partial charge is 0.253 e. The molecule has 0 spiro atoms. The lowest BCUT2D eigenvalue weighted by molar-refractivity contribution is 0.0638. The number of carbonyl (C=O) groups excluding carboxylic acids is 1. The summed E-state index contributed by atoms with van der Waals surface area (Å²) in [4.78, 5) is 17.3. The number of aryl methyl sites for hydroxylation is 2. The fourth-order valence-corrected chi connectivity index (χ4v) is 5.46. The van der Waals surface area contributed by atoms with Crippen LogP contribution in [0.2, 0.25) is 0 Å². The van der Waals surface area contributed by atoms with E-state index in [2.05, 4.69) is 35.4 Å². The van der Waals surface area contributed by atoms with Crippen LogP contribution in [0, 0.1) is 19.7 Å². The normalized spacial score (nSPS) is 14.2. The van der Waals surface area contributed by atoms with Gasteiger partial charge in [-0.15, -0.1) is 11.6 Å². The van der Waals surface area contributed by atoms with E-state index in [0.29, 0.717) is 30.3 Å². The summed E-state index contributed by atoms with van der Waals surface area (Å²) >= 11 is 5.92. The van der Waals surface area contributed by atoms with Gasteiger partial charge in [-0.3, -0.25) is 9.69 Å². The van der Waals surface area contributed by atoms with Gasteiger partial charge in [-0.2, -0.15) is 0 Å². The molecule has 39 heavy (non-hydrogen) atoms. The van der Waals surface area contributed by atoms with E-state index in [9.17, 15) is 9.18 Å². The highest BCUT2D eigenvalue weighted by atomic mass is 35.5. The third-order valence-corrected chi connectivity index (χ3v) is 8.00. The van der Waals surface area contributed by atoms with E-state index in [0.717, 1.165) is 50.3 Å². The Kier molecular flexibility index (Phi) is 8.53. The summed E-state index contributed by atoms with van der Waals surface area (Å²) in [7, 11) is 0. The van der Waals surface area contributed by atoms with Crippen LogP contribution in [0.4, 0.5) is 4.39 Å². The Bertz CT molecular complexity index is 1440. The zero-order valence-electron chi connectivity index (χ0n) is 22.6. The molecule has 1 saturated heterocycles. The Morgan fingerprint density at radius 2 is 1.67 bits per heavy atom. The van der Waals surface area contributed by atoms with Crippen molar-refractivity contribution >= 4 is 28.4 Å². The molecule has 2 heterocycles. The van der Waals surface area contributed by atoms with Crippen molar-refractivity contribution in [2.75, 3.05) is 38.6 Å². The number of nitrogens with zero attached hydrogens (tertiary/aromatic N) is 3. The minimum absolute atomic E-state index is 0.0390. The standard InChI is InChI=1S/C32H35ClFN3O2/c1-23-24(2)37(15-4-14-33)31-12-11-29(22-30(23)31)39-28-9-7-26(8-10-28)32(38)36-19-17-35(18-20-36)16-13-25-5-3-6-27(34)21-25/h3,5-12,21-22H,4,13-20H2,1-2H3. The Morgan fingerprint density at radius 1 is 0.923 bits per heavy atom. The van der Waals surface area contributed by atoms with Crippen LogP contribution in [0.5, 0.6) is 11.5 Å². The van der Waals surface area contributed by atoms with Crippen molar-refractivity contribution in [2.45, 2.75) is 33.2 Å². The number of rotatable bonds is 9. The molecule has 7 heteroatoms. The van der Waals surface area contributed by atoms with Gasteiger partial charge in [0, 0.05) is 67.3 Å². The summed E-state index contributed by atoms with van der Waals surface area (Å²) in [5.41, 5.74) is 5.36. The third-order valence-electron chi connectivity index (χ3n) is 7.73. The number of hydrogen-bond donors (Lipinski definition) is 0. The number of halogens is 2. The van der Waals surface area contributed by atoms with Gasteiger partial charge in [0.05, 0.1) is 0 Å². The molecule has 0 aliphatic carbocycles. The van der Waals surface area contributed by atoms with E-state index in [1.807, 2.05) is 41.3 Å². The fourth-order valence-electron chi connectivity index (χ4n) is 5.34. The van der Waals surface area contributed by atoms with Crippen molar-refractivity contribution in [3.63, 3.8) is 0 Å². The number of aromatic nitrogens is 1. The summed E-state index contributed by atoms with van der Waals surface area (Å²) in [6.07, 6.45) is 1.74. The van der Waals surface area contributed by atoms with Gasteiger partial charge in [0.25, 0.3) is 5.91 Å². The number of alkyl halides is 1. The zero-order valence-corrected chi connectivity index (χ0v) is 23.4. The van der Waals surface area contributed by atoms with E-state index >= 15 is 0 Å². The number of amides is 1. The molecule has 1 aromatic heterocycles. The van der Waals surface area contributed by atoms with Crippen molar-refractivity contribution in [3.8, 4) is 11.5 Å². The molecule has 5 rings (SSSR count). The molecular weight excluding hydrogens is 513 g/mol. The van der Waals surface area contributed by atoms with Crippen LogP contribution >= 0.6 is 11.6 Å². The molecule has 0 bridgehead atoms. The predicted octanol–water partition coefficient (Wildman–Crippen LogP) is 6.82. The first-order chi connectivity index (χ1) is 18.9. The van der Waals surface area contributed by atoms with E-state index in [-0.39, 0.29) is 11.7 Å². The Hall–Kier alpha value is -3.35. The number of ether oxygens (including phenoxy) is 1. The van der Waals surface area contributed by atoms with Crippen molar-refractivity contribution in [1.29, 1.82) is 0 Å². The molecule has 1 fully saturated rings. The average molecular weight is 548 g/mol. The van der Waals surface area contributed by atoms with E-state index < -0.39 is 0 Å². The fraction of sp³-hybridized carbons (Fsp3) is 0.344. The minimum atomic E-state index is -0.195. The quantitative estimate of drug-likeness (QED) is 0.216. The van der Waals surface area contributed by atoms with E-state index in [4.69, 9.17) is 16.3 Å². The highest BCUT2D eigenvalue weighted by molar-refractivity contribution is 6.17. The Morgan fingerprint density at radius 3 is 2.38 bits per heavy atom. The van der Waals surface area contributed by atoms with Gasteiger partial charge in [-0.05, 0) is 92.4 Å². The summed E-state index contributed by atoms with van der Waals surface area (Å²) in [6.45, 7) is 9.05. The first-order valence-electron chi connectivity index (χ1n) is 13.6. The molecule has 0 radical (unpaired) electrons. The molecule has 0 atom stereocenters. The van der Waals surface area contributed by atoms with Gasteiger partial charge in [0.1, 0.15) is 17.3 Å². The lowest BCUT2D eigenvalue weighted by atomic mass is 10.1. The van der Waals surface area contributed by atoms with Crippen molar-refractivity contribution in [3.05, 3.63) is 94.9 Å². The summed E-state index contributed by atoms with van der Waals surface area (Å²) in [6, 6.07) is 20.3. The van der Waals surface area contributed by atoms with Gasteiger partial charge in [0.15, 0.2) is 0 Å². The molecule has 204 valence electrons. The van der Waals surface area contributed by atoms with Crippen LogP contribution in [0.25, 0.3) is 10.9 Å². The minimum Gasteiger partial charge on any atom is -0.457 e. The first kappa shape index (κ1) is 27.2. The van der Waals surface area contributed by atoms with Gasteiger partial charge < -0.3 is 14.2 Å². The highest BCUT2D eigenvalue weighted by Crippen LogP contribution is 2.31. The molecule has 4 aromatic rings. The SMILES string of the molecule is Cc1c(C)n(CCCCl)c2ccc(Oc3ccc(C(=O)N4CCN(CCc5cccc(F)c5)CC4)cc3)cc12. The molecule has 3 aromatic carbocycles. The lowest BCUT2D eigenvalue weighted by Gasteiger charge is -2.34. The monoisotopic (exact) mass is 547 g/mol. The van der Waals surface area contributed by atoms with Gasteiger partial charge in [0.2, 0.25) is 0 Å². The molecule has 0 unspecified atom stereocenters. The largest absolute Gasteiger partial charge is 0.457 e. The number of hydrogen-bond acceptors (Lipinski definition) is 3. The van der Waals surface area contributed by atoms with Crippen LogP contribution in [-0.4, -0.2) is 58.9 Å². The van der Waals surface area contributed by atoms with Gasteiger partial charge in [-0.1, -0.05) is 12.1 Å². The summed E-state index contributed by atoms with van der Waals surface area (Å²) < 4.78 is 21.9. The maximum Gasteiger partial charge on any atom is 0.253 e. The molecular formula is C32H35ClFN3O2.